The molecule has 2 aromatic carbocycles. The first kappa shape index (κ1) is 23.8. The SMILES string of the molecule is Cc1cc(C(=O)CN2C(=O)NC3(CCc4ccccc4C3)C2=O)c(C)n1-c1cccc(C(F)(F)F)c1. The zero-order chi connectivity index (χ0) is 25.8. The number of halogens is 3. The van der Waals surface area contributed by atoms with Crippen molar-refractivity contribution in [1.82, 2.24) is 14.8 Å². The van der Waals surface area contributed by atoms with E-state index in [2.05, 4.69) is 5.32 Å². The lowest BCUT2D eigenvalue weighted by Gasteiger charge is -2.32. The molecular weight excluding hydrogens is 471 g/mol. The number of ketones is 1. The second-order valence-electron chi connectivity index (χ2n) is 9.44. The molecule has 9 heteroatoms. The summed E-state index contributed by atoms with van der Waals surface area (Å²) in [6.45, 7) is 2.87. The number of aromatic nitrogens is 1. The minimum absolute atomic E-state index is 0.250. The number of amides is 3. The number of carbonyl (C=O) groups excluding carboxylic acids is 3. The van der Waals surface area contributed by atoms with Crippen LogP contribution < -0.4 is 5.32 Å². The van der Waals surface area contributed by atoms with Gasteiger partial charge in [0.1, 0.15) is 5.54 Å². The fourth-order valence-corrected chi connectivity index (χ4v) is 5.34. The zero-order valence-electron chi connectivity index (χ0n) is 19.8. The van der Waals surface area contributed by atoms with E-state index < -0.39 is 41.5 Å². The van der Waals surface area contributed by atoms with E-state index in [1.807, 2.05) is 24.3 Å². The number of hydrogen-bond donors (Lipinski definition) is 1. The molecule has 2 heterocycles. The number of rotatable bonds is 4. The molecule has 1 aliphatic carbocycles. The lowest BCUT2D eigenvalue weighted by Crippen LogP contribution is -2.51. The number of nitrogens with one attached hydrogen (secondary N) is 1. The number of urea groups is 1. The third-order valence-corrected chi connectivity index (χ3v) is 7.14. The molecule has 0 bridgehead atoms. The molecule has 3 amide bonds. The Kier molecular flexibility index (Phi) is 5.54. The van der Waals surface area contributed by atoms with Crippen LogP contribution in [0.1, 0.15) is 44.9 Å². The van der Waals surface area contributed by atoms with Crippen molar-refractivity contribution in [2.75, 3.05) is 6.54 Å². The molecule has 1 saturated heterocycles. The fraction of sp³-hybridized carbons (Fsp3) is 0.296. The number of Topliss-reactive ketones (excluding diaryl/α,β-unsaturated/α-hetero) is 1. The number of hydrogen-bond acceptors (Lipinski definition) is 3. The van der Waals surface area contributed by atoms with Gasteiger partial charge in [0, 0.05) is 29.1 Å². The van der Waals surface area contributed by atoms with Crippen molar-refractivity contribution in [2.24, 2.45) is 0 Å². The van der Waals surface area contributed by atoms with Crippen LogP contribution in [-0.4, -0.2) is 39.3 Å². The van der Waals surface area contributed by atoms with Crippen LogP contribution in [0.5, 0.6) is 0 Å². The summed E-state index contributed by atoms with van der Waals surface area (Å²) in [6.07, 6.45) is -3.04. The number of fused-ring (bicyclic) bond motifs is 1. The summed E-state index contributed by atoms with van der Waals surface area (Å²) < 4.78 is 41.2. The maximum atomic E-state index is 13.4. The number of imide groups is 1. The van der Waals surface area contributed by atoms with Crippen molar-refractivity contribution in [3.63, 3.8) is 0 Å². The summed E-state index contributed by atoms with van der Waals surface area (Å²) in [4.78, 5) is 40.3. The third kappa shape index (κ3) is 3.88. The molecule has 1 N–H and O–H groups in total. The maximum absolute atomic E-state index is 13.4. The summed E-state index contributed by atoms with van der Waals surface area (Å²) >= 11 is 0. The Bertz CT molecular complexity index is 1410. The molecule has 1 aliphatic heterocycles. The van der Waals surface area contributed by atoms with Gasteiger partial charge >= 0.3 is 12.2 Å². The molecule has 1 fully saturated rings. The van der Waals surface area contributed by atoms with Gasteiger partial charge < -0.3 is 9.88 Å². The lowest BCUT2D eigenvalue weighted by molar-refractivity contribution is -0.137. The second kappa shape index (κ2) is 8.36. The molecule has 1 spiro atoms. The summed E-state index contributed by atoms with van der Waals surface area (Å²) in [5.41, 5.74) is 1.80. The van der Waals surface area contributed by atoms with Crippen molar-refractivity contribution in [1.29, 1.82) is 0 Å². The van der Waals surface area contributed by atoms with Gasteiger partial charge in [0.25, 0.3) is 5.91 Å². The van der Waals surface area contributed by atoms with Gasteiger partial charge in [-0.05, 0) is 62.1 Å². The Hall–Kier alpha value is -3.88. The molecule has 0 saturated carbocycles. The topological polar surface area (TPSA) is 71.4 Å². The molecule has 3 aromatic rings. The Morgan fingerprint density at radius 3 is 2.47 bits per heavy atom. The van der Waals surface area contributed by atoms with E-state index in [4.69, 9.17) is 0 Å². The van der Waals surface area contributed by atoms with Crippen molar-refractivity contribution in [3.05, 3.63) is 88.2 Å². The lowest BCUT2D eigenvalue weighted by atomic mass is 9.78. The average molecular weight is 496 g/mol. The Labute approximate surface area is 205 Å². The molecule has 36 heavy (non-hydrogen) atoms. The van der Waals surface area contributed by atoms with E-state index >= 15 is 0 Å². The monoisotopic (exact) mass is 495 g/mol. The molecular formula is C27H24F3N3O3. The van der Waals surface area contributed by atoms with Crippen molar-refractivity contribution in [3.8, 4) is 5.69 Å². The smallest absolute Gasteiger partial charge is 0.323 e. The van der Waals surface area contributed by atoms with Crippen LogP contribution in [0.3, 0.4) is 0 Å². The predicted octanol–water partition coefficient (Wildman–Crippen LogP) is 4.78. The van der Waals surface area contributed by atoms with E-state index in [1.54, 1.807) is 24.5 Å². The highest BCUT2D eigenvalue weighted by Gasteiger charge is 2.52. The van der Waals surface area contributed by atoms with Crippen molar-refractivity contribution >= 4 is 17.7 Å². The molecule has 2 aliphatic rings. The highest BCUT2D eigenvalue weighted by atomic mass is 19.4. The third-order valence-electron chi connectivity index (χ3n) is 7.14. The van der Waals surface area contributed by atoms with Gasteiger partial charge in [-0.1, -0.05) is 30.3 Å². The Balaban J connectivity index is 1.39. The number of aryl methyl sites for hydroxylation is 2. The maximum Gasteiger partial charge on any atom is 0.416 e. The minimum Gasteiger partial charge on any atom is -0.323 e. The second-order valence-corrected chi connectivity index (χ2v) is 9.44. The van der Waals surface area contributed by atoms with Crippen LogP contribution >= 0.6 is 0 Å². The quantitative estimate of drug-likeness (QED) is 0.419. The van der Waals surface area contributed by atoms with Gasteiger partial charge in [-0.15, -0.1) is 0 Å². The number of alkyl halides is 3. The highest BCUT2D eigenvalue weighted by molar-refractivity contribution is 6.11. The van der Waals surface area contributed by atoms with Crippen LogP contribution in [0.2, 0.25) is 0 Å². The van der Waals surface area contributed by atoms with E-state index in [9.17, 15) is 27.6 Å². The predicted molar refractivity (Wildman–Crippen MR) is 126 cm³/mol. The first-order chi connectivity index (χ1) is 17.0. The van der Waals surface area contributed by atoms with Crippen LogP contribution in [0.25, 0.3) is 5.69 Å². The van der Waals surface area contributed by atoms with Gasteiger partial charge in [0.05, 0.1) is 12.1 Å². The van der Waals surface area contributed by atoms with Gasteiger partial charge in [-0.2, -0.15) is 13.2 Å². The largest absolute Gasteiger partial charge is 0.416 e. The molecule has 1 unspecified atom stereocenters. The Morgan fingerprint density at radius 1 is 1.03 bits per heavy atom. The first-order valence-corrected chi connectivity index (χ1v) is 11.6. The number of benzene rings is 2. The van der Waals surface area contributed by atoms with Crippen LogP contribution in [-0.2, 0) is 23.8 Å². The standard InChI is InChI=1S/C27H24F3N3O3/c1-16-12-22(17(2)33(16)21-9-5-8-20(13-21)27(28,29)30)23(34)15-32-24(35)26(31-25(32)36)11-10-18-6-3-4-7-19(18)14-26/h3-9,12-13H,10-11,14-15H2,1-2H3,(H,31,36). The molecule has 5 rings (SSSR count). The Morgan fingerprint density at radius 2 is 1.75 bits per heavy atom. The molecule has 1 aromatic heterocycles. The van der Waals surface area contributed by atoms with Gasteiger partial charge in [-0.3, -0.25) is 14.5 Å². The average Bonchev–Trinajstić information content (AvgIpc) is 3.25. The van der Waals surface area contributed by atoms with Crippen LogP contribution in [0.4, 0.5) is 18.0 Å². The first-order valence-electron chi connectivity index (χ1n) is 11.6. The van der Waals surface area contributed by atoms with E-state index in [1.165, 1.54) is 12.1 Å². The number of nitrogens with zero attached hydrogens (tertiary/aromatic N) is 2. The zero-order valence-corrected chi connectivity index (χ0v) is 19.8. The van der Waals surface area contributed by atoms with Gasteiger partial charge in [0.15, 0.2) is 5.78 Å². The summed E-state index contributed by atoms with van der Waals surface area (Å²) in [7, 11) is 0. The van der Waals surface area contributed by atoms with Crippen molar-refractivity contribution < 1.29 is 27.6 Å². The molecule has 1 atom stereocenters. The highest BCUT2D eigenvalue weighted by Crippen LogP contribution is 2.34. The van der Waals surface area contributed by atoms with Crippen LogP contribution in [0, 0.1) is 13.8 Å². The van der Waals surface area contributed by atoms with Crippen molar-refractivity contribution in [2.45, 2.75) is 44.8 Å². The molecule has 186 valence electrons. The minimum atomic E-state index is -4.50. The van der Waals surface area contributed by atoms with E-state index in [0.717, 1.165) is 28.2 Å². The fourth-order valence-electron chi connectivity index (χ4n) is 5.34. The summed E-state index contributed by atoms with van der Waals surface area (Å²) in [6, 6.07) is 13.6. The van der Waals surface area contributed by atoms with E-state index in [-0.39, 0.29) is 11.3 Å². The molecule has 6 nitrogen and oxygen atoms in total. The molecule has 0 radical (unpaired) electrons. The van der Waals surface area contributed by atoms with Crippen LogP contribution in [0.15, 0.2) is 54.6 Å². The van der Waals surface area contributed by atoms with Gasteiger partial charge in [-0.25, -0.2) is 4.79 Å². The summed E-state index contributed by atoms with van der Waals surface area (Å²) in [5.74, 6) is -0.889. The number of carbonyl (C=O) groups is 3. The normalized spacial score (nSPS) is 19.5. The van der Waals surface area contributed by atoms with Gasteiger partial charge in [0.2, 0.25) is 0 Å². The van der Waals surface area contributed by atoms with E-state index in [0.29, 0.717) is 30.7 Å². The summed E-state index contributed by atoms with van der Waals surface area (Å²) in [5, 5.41) is 2.82.